The van der Waals surface area contributed by atoms with E-state index in [2.05, 4.69) is 34.6 Å². The summed E-state index contributed by atoms with van der Waals surface area (Å²) in [6, 6.07) is 0. The topological polar surface area (TPSA) is 93.1 Å². The minimum absolute atomic E-state index is 0.0420. The predicted octanol–water partition coefficient (Wildman–Crippen LogP) is 6.59. The zero-order chi connectivity index (χ0) is 27.4. The second-order valence-electron chi connectivity index (χ2n) is 12.9. The summed E-state index contributed by atoms with van der Waals surface area (Å²) in [5, 5.41) is 19.7. The third-order valence-electron chi connectivity index (χ3n) is 8.70. The summed E-state index contributed by atoms with van der Waals surface area (Å²) >= 11 is 0. The van der Waals surface area contributed by atoms with E-state index in [4.69, 9.17) is 9.47 Å². The van der Waals surface area contributed by atoms with Gasteiger partial charge in [-0.15, -0.1) is 0 Å². The van der Waals surface area contributed by atoms with Crippen LogP contribution in [0.3, 0.4) is 0 Å². The molecule has 0 amide bonds. The maximum atomic E-state index is 12.2. The summed E-state index contributed by atoms with van der Waals surface area (Å²) in [4.78, 5) is 24.1. The van der Waals surface area contributed by atoms with Gasteiger partial charge in [-0.2, -0.15) is 0 Å². The van der Waals surface area contributed by atoms with Crippen molar-refractivity contribution in [2.45, 2.75) is 149 Å². The predicted molar refractivity (Wildman–Crippen MR) is 147 cm³/mol. The van der Waals surface area contributed by atoms with Crippen LogP contribution in [0.2, 0.25) is 0 Å². The van der Waals surface area contributed by atoms with E-state index in [0.29, 0.717) is 18.4 Å². The van der Waals surface area contributed by atoms with Crippen LogP contribution in [0.15, 0.2) is 0 Å². The molecule has 6 nitrogen and oxygen atoms in total. The summed E-state index contributed by atoms with van der Waals surface area (Å²) in [7, 11) is 0. The van der Waals surface area contributed by atoms with Crippen LogP contribution < -0.4 is 0 Å². The second kappa shape index (κ2) is 16.1. The molecule has 0 aliphatic heterocycles. The van der Waals surface area contributed by atoms with Gasteiger partial charge in [-0.3, -0.25) is 9.59 Å². The monoisotopic (exact) mass is 524 g/mol. The molecule has 3 fully saturated rings. The van der Waals surface area contributed by atoms with E-state index < -0.39 is 12.2 Å². The molecule has 6 heteroatoms. The SMILES string of the molecule is CC1CC(OC(=O)C2CCCCC2O)CC(C)(C)C1.CCCCC(CC)COC(=O)C1CCCCC1O. The first kappa shape index (κ1) is 32.1. The number of carbonyl (C=O) groups excluding carboxylic acids is 2. The van der Waals surface area contributed by atoms with Crippen LogP contribution in [0.25, 0.3) is 0 Å². The maximum absolute atomic E-state index is 12.2. The highest BCUT2D eigenvalue weighted by molar-refractivity contribution is 5.73. The number of carbonyl (C=O) groups is 2. The molecule has 37 heavy (non-hydrogen) atoms. The van der Waals surface area contributed by atoms with Crippen molar-refractivity contribution in [3.05, 3.63) is 0 Å². The number of hydrogen-bond donors (Lipinski definition) is 2. The van der Waals surface area contributed by atoms with E-state index in [1.807, 2.05) is 0 Å². The molecule has 0 saturated heterocycles. The molecule has 3 saturated carbocycles. The highest BCUT2D eigenvalue weighted by Crippen LogP contribution is 2.40. The van der Waals surface area contributed by atoms with Crippen molar-refractivity contribution >= 4 is 11.9 Å². The molecule has 0 aromatic rings. The fraction of sp³-hybridized carbons (Fsp3) is 0.935. The average Bonchev–Trinajstić information content (AvgIpc) is 2.83. The maximum Gasteiger partial charge on any atom is 0.311 e. The van der Waals surface area contributed by atoms with Crippen molar-refractivity contribution in [3.63, 3.8) is 0 Å². The fourth-order valence-corrected chi connectivity index (χ4v) is 6.58. The molecule has 0 spiro atoms. The first-order valence-corrected chi connectivity index (χ1v) is 15.3. The number of aliphatic hydroxyl groups excluding tert-OH is 2. The molecule has 3 rings (SSSR count). The van der Waals surface area contributed by atoms with E-state index in [1.54, 1.807) is 0 Å². The highest BCUT2D eigenvalue weighted by atomic mass is 16.5. The van der Waals surface area contributed by atoms with Crippen LogP contribution >= 0.6 is 0 Å². The molecule has 7 unspecified atom stereocenters. The first-order valence-electron chi connectivity index (χ1n) is 15.3. The van der Waals surface area contributed by atoms with Crippen LogP contribution in [0.5, 0.6) is 0 Å². The van der Waals surface area contributed by atoms with Crippen molar-refractivity contribution in [1.29, 1.82) is 0 Å². The smallest absolute Gasteiger partial charge is 0.311 e. The largest absolute Gasteiger partial charge is 0.465 e. The third kappa shape index (κ3) is 11.2. The van der Waals surface area contributed by atoms with E-state index >= 15 is 0 Å². The Morgan fingerprint density at radius 3 is 1.97 bits per heavy atom. The van der Waals surface area contributed by atoms with Crippen molar-refractivity contribution in [2.75, 3.05) is 6.61 Å². The number of rotatable bonds is 9. The van der Waals surface area contributed by atoms with Gasteiger partial charge in [0.25, 0.3) is 0 Å². The zero-order valence-corrected chi connectivity index (χ0v) is 24.4. The number of ether oxygens (including phenoxy) is 2. The lowest BCUT2D eigenvalue weighted by Crippen LogP contribution is -2.38. The molecule has 0 bridgehead atoms. The zero-order valence-electron chi connectivity index (χ0n) is 24.4. The fourth-order valence-electron chi connectivity index (χ4n) is 6.58. The van der Waals surface area contributed by atoms with Gasteiger partial charge in [-0.1, -0.05) is 79.6 Å². The van der Waals surface area contributed by atoms with Gasteiger partial charge in [0.1, 0.15) is 6.10 Å². The van der Waals surface area contributed by atoms with Crippen molar-refractivity contribution in [3.8, 4) is 0 Å². The minimum Gasteiger partial charge on any atom is -0.465 e. The van der Waals surface area contributed by atoms with Gasteiger partial charge in [-0.05, 0) is 68.6 Å². The lowest BCUT2D eigenvalue weighted by Gasteiger charge is -2.39. The Kier molecular flexibility index (Phi) is 13.9. The molecule has 0 aromatic heterocycles. The summed E-state index contributed by atoms with van der Waals surface area (Å²) in [5.41, 5.74) is 0.258. The van der Waals surface area contributed by atoms with Crippen molar-refractivity contribution < 1.29 is 29.3 Å². The Morgan fingerprint density at radius 1 is 0.892 bits per heavy atom. The summed E-state index contributed by atoms with van der Waals surface area (Å²) in [6.07, 6.45) is 13.9. The van der Waals surface area contributed by atoms with Crippen LogP contribution in [0.1, 0.15) is 131 Å². The van der Waals surface area contributed by atoms with Crippen molar-refractivity contribution in [2.24, 2.45) is 29.1 Å². The Hall–Kier alpha value is -1.14. The van der Waals surface area contributed by atoms with E-state index in [-0.39, 0.29) is 35.3 Å². The lowest BCUT2D eigenvalue weighted by molar-refractivity contribution is -0.164. The van der Waals surface area contributed by atoms with E-state index in [9.17, 15) is 19.8 Å². The van der Waals surface area contributed by atoms with Gasteiger partial charge in [0.2, 0.25) is 0 Å². The standard InChI is InChI=1S/C16H28O3.C15H28O3/c1-11-8-12(10-16(2,3)9-11)19-15(18)13-6-4-5-7-14(13)17;1-3-5-8-12(4-2)11-18-15(17)13-9-6-7-10-14(13)16/h11-14,17H,4-10H2,1-3H3;12-14,16H,3-11H2,1-2H3. The van der Waals surface area contributed by atoms with E-state index in [0.717, 1.165) is 77.0 Å². The van der Waals surface area contributed by atoms with Crippen LogP contribution in [0, 0.1) is 29.1 Å². The molecule has 0 heterocycles. The van der Waals surface area contributed by atoms with Crippen LogP contribution in [0.4, 0.5) is 0 Å². The summed E-state index contributed by atoms with van der Waals surface area (Å²) < 4.78 is 11.1. The van der Waals surface area contributed by atoms with Gasteiger partial charge in [0.15, 0.2) is 0 Å². The Bertz CT molecular complexity index is 677. The molecule has 2 N–H and O–H groups in total. The molecule has 0 radical (unpaired) electrons. The van der Waals surface area contributed by atoms with Gasteiger partial charge >= 0.3 is 11.9 Å². The van der Waals surface area contributed by atoms with Gasteiger partial charge in [0, 0.05) is 0 Å². The van der Waals surface area contributed by atoms with Gasteiger partial charge < -0.3 is 19.7 Å². The summed E-state index contributed by atoms with van der Waals surface area (Å²) in [5.74, 6) is 0.184. The molecule has 0 aromatic carbocycles. The Labute approximate surface area is 226 Å². The molecule has 3 aliphatic carbocycles. The van der Waals surface area contributed by atoms with Gasteiger partial charge in [0.05, 0.1) is 30.7 Å². The molecule has 3 aliphatic rings. The first-order chi connectivity index (χ1) is 17.6. The third-order valence-corrected chi connectivity index (χ3v) is 8.70. The normalized spacial score (nSPS) is 32.4. The van der Waals surface area contributed by atoms with Crippen molar-refractivity contribution in [1.82, 2.24) is 0 Å². The minimum atomic E-state index is -0.490. The second-order valence-corrected chi connectivity index (χ2v) is 12.9. The lowest BCUT2D eigenvalue weighted by atomic mass is 9.71. The van der Waals surface area contributed by atoms with E-state index in [1.165, 1.54) is 19.3 Å². The number of aliphatic hydroxyl groups is 2. The Morgan fingerprint density at radius 2 is 1.46 bits per heavy atom. The summed E-state index contributed by atoms with van der Waals surface area (Å²) in [6.45, 7) is 11.6. The number of unbranched alkanes of at least 4 members (excludes halogenated alkanes) is 1. The van der Waals surface area contributed by atoms with Gasteiger partial charge in [-0.25, -0.2) is 0 Å². The van der Waals surface area contributed by atoms with Crippen LogP contribution in [-0.4, -0.2) is 47.1 Å². The highest BCUT2D eigenvalue weighted by Gasteiger charge is 2.37. The Balaban J connectivity index is 0.000000261. The van der Waals surface area contributed by atoms with Crippen LogP contribution in [-0.2, 0) is 19.1 Å². The number of hydrogen-bond acceptors (Lipinski definition) is 6. The molecule has 216 valence electrons. The molecular weight excluding hydrogens is 468 g/mol. The molecule has 7 atom stereocenters. The average molecular weight is 525 g/mol. The quantitative estimate of drug-likeness (QED) is 0.330. The molecular formula is C31H56O6. The number of esters is 2.